The van der Waals surface area contributed by atoms with E-state index >= 15 is 0 Å². The Morgan fingerprint density at radius 1 is 1.03 bits per heavy atom. The van der Waals surface area contributed by atoms with Crippen molar-refractivity contribution in [1.82, 2.24) is 9.88 Å². The minimum absolute atomic E-state index is 0.103. The van der Waals surface area contributed by atoms with Gasteiger partial charge in [0.1, 0.15) is 0 Å². The number of halogens is 1. The van der Waals surface area contributed by atoms with Gasteiger partial charge < -0.3 is 15.2 Å². The van der Waals surface area contributed by atoms with Gasteiger partial charge in [0.15, 0.2) is 0 Å². The lowest BCUT2D eigenvalue weighted by Crippen LogP contribution is -2.44. The van der Waals surface area contributed by atoms with Gasteiger partial charge in [-0.3, -0.25) is 9.59 Å². The molecular formula is C26H22ClN3O2. The van der Waals surface area contributed by atoms with Gasteiger partial charge in [0.05, 0.1) is 22.7 Å². The molecule has 3 aromatic carbocycles. The van der Waals surface area contributed by atoms with Crippen molar-refractivity contribution in [3.8, 4) is 0 Å². The number of carbonyl (C=O) groups is 2. The van der Waals surface area contributed by atoms with Crippen molar-refractivity contribution in [1.29, 1.82) is 0 Å². The molecule has 1 aromatic heterocycles. The molecule has 0 fully saturated rings. The van der Waals surface area contributed by atoms with E-state index < -0.39 is 12.0 Å². The van der Waals surface area contributed by atoms with E-state index in [2.05, 4.69) is 10.3 Å². The first-order valence-corrected chi connectivity index (χ1v) is 10.8. The lowest BCUT2D eigenvalue weighted by atomic mass is 9.79. The molecular weight excluding hydrogens is 422 g/mol. The largest absolute Gasteiger partial charge is 0.361 e. The Morgan fingerprint density at radius 2 is 1.78 bits per heavy atom. The highest BCUT2D eigenvalue weighted by Gasteiger charge is 2.43. The smallest absolute Gasteiger partial charge is 0.254 e. The zero-order chi connectivity index (χ0) is 22.4. The topological polar surface area (TPSA) is 65.2 Å². The standard InChI is InChI=1S/C26H22ClN3O2/c1-15-11-12-22(20(27)13-15)29-25(31)23-17-8-3-4-9-18(17)26(32)30(2)24(23)19-14-28-21-10-6-5-7-16(19)21/h3-14,23-24,28H,1-2H3,(H,29,31)/t23-,24-/m1/s1. The van der Waals surface area contributed by atoms with Crippen molar-refractivity contribution in [3.63, 3.8) is 0 Å². The number of para-hydroxylation sites is 1. The quantitative estimate of drug-likeness (QED) is 0.428. The molecule has 2 amide bonds. The highest BCUT2D eigenvalue weighted by Crippen LogP contribution is 2.44. The Balaban J connectivity index is 1.65. The first-order chi connectivity index (χ1) is 15.5. The third kappa shape index (κ3) is 3.26. The van der Waals surface area contributed by atoms with Crippen LogP contribution < -0.4 is 5.32 Å². The molecule has 2 heterocycles. The number of aryl methyl sites for hydroxylation is 1. The van der Waals surface area contributed by atoms with Crippen LogP contribution in [0.4, 0.5) is 5.69 Å². The summed E-state index contributed by atoms with van der Waals surface area (Å²) < 4.78 is 0. The summed E-state index contributed by atoms with van der Waals surface area (Å²) in [5.74, 6) is -0.920. The number of amides is 2. The van der Waals surface area contributed by atoms with Gasteiger partial charge in [-0.25, -0.2) is 0 Å². The molecule has 0 aliphatic carbocycles. The average molecular weight is 444 g/mol. The van der Waals surface area contributed by atoms with Gasteiger partial charge in [0.2, 0.25) is 5.91 Å². The number of hydrogen-bond donors (Lipinski definition) is 2. The number of aromatic amines is 1. The number of nitrogens with one attached hydrogen (secondary N) is 2. The van der Waals surface area contributed by atoms with Crippen LogP contribution in [-0.2, 0) is 4.79 Å². The fourth-order valence-corrected chi connectivity index (χ4v) is 4.90. The molecule has 1 aliphatic heterocycles. The second-order valence-electron chi connectivity index (χ2n) is 8.19. The Morgan fingerprint density at radius 3 is 2.59 bits per heavy atom. The van der Waals surface area contributed by atoms with Crippen LogP contribution in [0.25, 0.3) is 10.9 Å². The number of carbonyl (C=O) groups excluding carboxylic acids is 2. The predicted molar refractivity (Wildman–Crippen MR) is 127 cm³/mol. The predicted octanol–water partition coefficient (Wildman–Crippen LogP) is 5.68. The van der Waals surface area contributed by atoms with Crippen molar-refractivity contribution in [3.05, 3.63) is 100 Å². The second kappa shape index (κ2) is 7.84. The molecule has 0 spiro atoms. The molecule has 0 radical (unpaired) electrons. The van der Waals surface area contributed by atoms with E-state index in [9.17, 15) is 9.59 Å². The molecule has 5 rings (SSSR count). The SMILES string of the molecule is Cc1ccc(NC(=O)[C@@H]2c3ccccc3C(=O)N(C)[C@@H]2c2c[nH]c3ccccc23)c(Cl)c1. The Hall–Kier alpha value is -3.57. The number of benzene rings is 3. The summed E-state index contributed by atoms with van der Waals surface area (Å²) in [6.07, 6.45) is 1.90. The molecule has 6 heteroatoms. The number of anilines is 1. The summed E-state index contributed by atoms with van der Waals surface area (Å²) in [4.78, 5) is 31.9. The van der Waals surface area contributed by atoms with E-state index in [1.165, 1.54) is 0 Å². The van der Waals surface area contributed by atoms with Crippen LogP contribution in [0.5, 0.6) is 0 Å². The number of rotatable bonds is 3. The number of fused-ring (bicyclic) bond motifs is 2. The minimum atomic E-state index is -0.606. The highest BCUT2D eigenvalue weighted by atomic mass is 35.5. The van der Waals surface area contributed by atoms with Crippen molar-refractivity contribution in [2.45, 2.75) is 18.9 Å². The summed E-state index contributed by atoms with van der Waals surface area (Å²) in [5.41, 5.74) is 4.69. The summed E-state index contributed by atoms with van der Waals surface area (Å²) >= 11 is 6.39. The summed E-state index contributed by atoms with van der Waals surface area (Å²) in [6.45, 7) is 1.95. The molecule has 0 unspecified atom stereocenters. The van der Waals surface area contributed by atoms with Gasteiger partial charge in [0, 0.05) is 35.3 Å². The van der Waals surface area contributed by atoms with Crippen LogP contribution in [-0.4, -0.2) is 28.7 Å². The van der Waals surface area contributed by atoms with Gasteiger partial charge in [-0.05, 0) is 42.3 Å². The van der Waals surface area contributed by atoms with Crippen LogP contribution in [0.1, 0.15) is 39.0 Å². The zero-order valence-corrected chi connectivity index (χ0v) is 18.5. The highest BCUT2D eigenvalue weighted by molar-refractivity contribution is 6.33. The van der Waals surface area contributed by atoms with E-state index in [0.29, 0.717) is 21.8 Å². The van der Waals surface area contributed by atoms with Gasteiger partial charge in [0.25, 0.3) is 5.91 Å². The number of hydrogen-bond acceptors (Lipinski definition) is 2. The lowest BCUT2D eigenvalue weighted by Gasteiger charge is -2.39. The van der Waals surface area contributed by atoms with Crippen LogP contribution >= 0.6 is 11.6 Å². The first-order valence-electron chi connectivity index (χ1n) is 10.4. The van der Waals surface area contributed by atoms with Crippen molar-refractivity contribution in [2.24, 2.45) is 0 Å². The fourth-order valence-electron chi connectivity index (χ4n) is 4.62. The van der Waals surface area contributed by atoms with Crippen molar-refractivity contribution >= 4 is 40.0 Å². The molecule has 0 saturated carbocycles. The molecule has 160 valence electrons. The number of H-pyrrole nitrogens is 1. The molecule has 4 aromatic rings. The fraction of sp³-hybridized carbons (Fsp3) is 0.154. The summed E-state index contributed by atoms with van der Waals surface area (Å²) in [7, 11) is 1.75. The normalized spacial score (nSPS) is 18.0. The molecule has 1 aliphatic rings. The Kier molecular flexibility index (Phi) is 4.98. The van der Waals surface area contributed by atoms with Crippen LogP contribution in [0.15, 0.2) is 72.9 Å². The monoisotopic (exact) mass is 443 g/mol. The Labute approximate surface area is 191 Å². The molecule has 0 saturated heterocycles. The van der Waals surface area contributed by atoms with E-state index in [1.807, 2.05) is 67.7 Å². The van der Waals surface area contributed by atoms with E-state index in [4.69, 9.17) is 11.6 Å². The van der Waals surface area contributed by atoms with Crippen LogP contribution in [0.2, 0.25) is 5.02 Å². The maximum Gasteiger partial charge on any atom is 0.254 e. The van der Waals surface area contributed by atoms with Crippen LogP contribution in [0.3, 0.4) is 0 Å². The Bertz CT molecular complexity index is 1360. The first kappa shape index (κ1) is 20.3. The van der Waals surface area contributed by atoms with E-state index in [-0.39, 0.29) is 11.8 Å². The molecule has 0 bridgehead atoms. The molecule has 2 atom stereocenters. The third-order valence-corrected chi connectivity index (χ3v) is 6.50. The molecule has 2 N–H and O–H groups in total. The summed E-state index contributed by atoms with van der Waals surface area (Å²) in [6, 6.07) is 20.3. The van der Waals surface area contributed by atoms with E-state index in [1.54, 1.807) is 24.1 Å². The lowest BCUT2D eigenvalue weighted by molar-refractivity contribution is -0.119. The van der Waals surface area contributed by atoms with Crippen molar-refractivity contribution in [2.75, 3.05) is 12.4 Å². The molecule has 32 heavy (non-hydrogen) atoms. The zero-order valence-electron chi connectivity index (χ0n) is 17.7. The number of aromatic nitrogens is 1. The second-order valence-corrected chi connectivity index (χ2v) is 8.60. The maximum atomic E-state index is 13.7. The summed E-state index contributed by atoms with van der Waals surface area (Å²) in [5, 5.41) is 4.47. The van der Waals surface area contributed by atoms with Gasteiger partial charge in [-0.15, -0.1) is 0 Å². The van der Waals surface area contributed by atoms with Gasteiger partial charge in [-0.2, -0.15) is 0 Å². The third-order valence-electron chi connectivity index (χ3n) is 6.18. The minimum Gasteiger partial charge on any atom is -0.361 e. The molecule has 5 nitrogen and oxygen atoms in total. The number of likely N-dealkylation sites (N-methyl/N-ethyl adjacent to an activating group) is 1. The van der Waals surface area contributed by atoms with Gasteiger partial charge >= 0.3 is 0 Å². The van der Waals surface area contributed by atoms with E-state index in [0.717, 1.165) is 22.0 Å². The maximum absolute atomic E-state index is 13.7. The van der Waals surface area contributed by atoms with Gasteiger partial charge in [-0.1, -0.05) is 54.1 Å². The average Bonchev–Trinajstić information content (AvgIpc) is 3.21. The number of nitrogens with zero attached hydrogens (tertiary/aromatic N) is 1. The van der Waals surface area contributed by atoms with Crippen molar-refractivity contribution < 1.29 is 9.59 Å². The van der Waals surface area contributed by atoms with Crippen LogP contribution in [0, 0.1) is 6.92 Å².